The Balaban J connectivity index is 1.49. The van der Waals surface area contributed by atoms with Crippen molar-refractivity contribution in [3.63, 3.8) is 0 Å². The van der Waals surface area contributed by atoms with Gasteiger partial charge in [-0.05, 0) is 62.1 Å². The van der Waals surface area contributed by atoms with Gasteiger partial charge in [-0.25, -0.2) is 14.4 Å². The molecule has 0 aliphatic carbocycles. The molecule has 6 heteroatoms. The van der Waals surface area contributed by atoms with Crippen LogP contribution in [0.1, 0.15) is 34.2 Å². The van der Waals surface area contributed by atoms with Crippen molar-refractivity contribution in [1.82, 2.24) is 15.3 Å². The van der Waals surface area contributed by atoms with Crippen LogP contribution in [0.3, 0.4) is 0 Å². The molecule has 4 rings (SSSR count). The molecular formula is C23H23FN4O. The molecule has 0 saturated carbocycles. The smallest absolute Gasteiger partial charge is 0.270 e. The van der Waals surface area contributed by atoms with Gasteiger partial charge in [0.1, 0.15) is 11.5 Å². The molecule has 2 aromatic carbocycles. The van der Waals surface area contributed by atoms with Gasteiger partial charge >= 0.3 is 0 Å². The van der Waals surface area contributed by atoms with Crippen molar-refractivity contribution in [2.75, 3.05) is 11.4 Å². The largest absolute Gasteiger partial charge is 0.350 e. The topological polar surface area (TPSA) is 58.1 Å². The van der Waals surface area contributed by atoms with Crippen molar-refractivity contribution >= 4 is 17.5 Å². The summed E-state index contributed by atoms with van der Waals surface area (Å²) in [6.45, 7) is 4.45. The van der Waals surface area contributed by atoms with Crippen molar-refractivity contribution < 1.29 is 9.18 Å². The maximum Gasteiger partial charge on any atom is 0.270 e. The number of benzene rings is 2. The molecule has 0 saturated heterocycles. The SMILES string of the molecule is Cc1cc(C(=O)NCCc2ccc(F)cc2)nc(N2c3ccccc3CC2C)n1. The molecule has 1 unspecified atom stereocenters. The summed E-state index contributed by atoms with van der Waals surface area (Å²) in [5, 5.41) is 2.90. The average molecular weight is 390 g/mol. The molecule has 3 aromatic rings. The van der Waals surface area contributed by atoms with E-state index in [2.05, 4.69) is 39.2 Å². The first-order valence-electron chi connectivity index (χ1n) is 9.77. The molecule has 1 atom stereocenters. The number of aryl methyl sites for hydroxylation is 1. The van der Waals surface area contributed by atoms with Crippen molar-refractivity contribution in [3.05, 3.63) is 82.9 Å². The third kappa shape index (κ3) is 4.11. The zero-order chi connectivity index (χ0) is 20.4. The van der Waals surface area contributed by atoms with Gasteiger partial charge in [0.05, 0.1) is 0 Å². The number of amides is 1. The number of aromatic nitrogens is 2. The van der Waals surface area contributed by atoms with E-state index in [4.69, 9.17) is 0 Å². The van der Waals surface area contributed by atoms with E-state index in [1.54, 1.807) is 18.2 Å². The standard InChI is InChI=1S/C23H23FN4O/c1-15-13-20(22(29)25-12-11-17-7-9-19(24)10-8-17)27-23(26-15)28-16(2)14-18-5-3-4-6-21(18)28/h3-10,13,16H,11-12,14H2,1-2H3,(H,25,29). The molecule has 1 N–H and O–H groups in total. The summed E-state index contributed by atoms with van der Waals surface area (Å²) < 4.78 is 13.0. The molecule has 0 spiro atoms. The number of nitrogens with zero attached hydrogens (tertiary/aromatic N) is 3. The highest BCUT2D eigenvalue weighted by Gasteiger charge is 2.29. The molecule has 0 fully saturated rings. The van der Waals surface area contributed by atoms with Gasteiger partial charge in [0, 0.05) is 24.0 Å². The van der Waals surface area contributed by atoms with Crippen molar-refractivity contribution in [3.8, 4) is 0 Å². The Labute approximate surface area is 169 Å². The third-order valence-corrected chi connectivity index (χ3v) is 5.11. The van der Waals surface area contributed by atoms with Gasteiger partial charge in [0.15, 0.2) is 0 Å². The number of para-hydroxylation sites is 1. The van der Waals surface area contributed by atoms with Gasteiger partial charge in [-0.2, -0.15) is 0 Å². The van der Waals surface area contributed by atoms with E-state index in [0.29, 0.717) is 24.6 Å². The van der Waals surface area contributed by atoms with E-state index < -0.39 is 0 Å². The van der Waals surface area contributed by atoms with E-state index in [1.165, 1.54) is 17.7 Å². The minimum Gasteiger partial charge on any atom is -0.350 e. The Hall–Kier alpha value is -3.28. The second-order valence-electron chi connectivity index (χ2n) is 7.38. The van der Waals surface area contributed by atoms with Crippen molar-refractivity contribution in [1.29, 1.82) is 0 Å². The van der Waals surface area contributed by atoms with Crippen LogP contribution in [0, 0.1) is 12.7 Å². The molecule has 0 bridgehead atoms. The number of carbonyl (C=O) groups excluding carboxylic acids is 1. The zero-order valence-corrected chi connectivity index (χ0v) is 16.5. The molecule has 148 valence electrons. The van der Waals surface area contributed by atoms with Crippen LogP contribution in [-0.4, -0.2) is 28.5 Å². The van der Waals surface area contributed by atoms with Crippen LogP contribution in [0.15, 0.2) is 54.6 Å². The number of rotatable bonds is 5. The number of anilines is 2. The monoisotopic (exact) mass is 390 g/mol. The Morgan fingerprint density at radius 1 is 1.17 bits per heavy atom. The fourth-order valence-electron chi connectivity index (χ4n) is 3.71. The Bertz CT molecular complexity index is 1040. The predicted molar refractivity (Wildman–Crippen MR) is 111 cm³/mol. The fraction of sp³-hybridized carbons (Fsp3) is 0.261. The average Bonchev–Trinajstić information content (AvgIpc) is 3.04. The summed E-state index contributed by atoms with van der Waals surface area (Å²) in [6.07, 6.45) is 1.55. The quantitative estimate of drug-likeness (QED) is 0.716. The summed E-state index contributed by atoms with van der Waals surface area (Å²) in [4.78, 5) is 23.9. The van der Waals surface area contributed by atoms with Crippen LogP contribution in [-0.2, 0) is 12.8 Å². The first-order chi connectivity index (χ1) is 14.0. The van der Waals surface area contributed by atoms with Crippen LogP contribution < -0.4 is 10.2 Å². The Kier molecular flexibility index (Phi) is 5.25. The van der Waals surface area contributed by atoms with Crippen LogP contribution in [0.4, 0.5) is 16.0 Å². The van der Waals surface area contributed by atoms with E-state index in [9.17, 15) is 9.18 Å². The highest BCUT2D eigenvalue weighted by molar-refractivity contribution is 5.92. The van der Waals surface area contributed by atoms with Crippen molar-refractivity contribution in [2.24, 2.45) is 0 Å². The van der Waals surface area contributed by atoms with Crippen molar-refractivity contribution in [2.45, 2.75) is 32.7 Å². The highest BCUT2D eigenvalue weighted by Crippen LogP contribution is 2.36. The van der Waals surface area contributed by atoms with Crippen LogP contribution in [0.2, 0.25) is 0 Å². The molecule has 29 heavy (non-hydrogen) atoms. The lowest BCUT2D eigenvalue weighted by Gasteiger charge is -2.23. The number of hydrogen-bond donors (Lipinski definition) is 1. The van der Waals surface area contributed by atoms with Gasteiger partial charge < -0.3 is 10.2 Å². The highest BCUT2D eigenvalue weighted by atomic mass is 19.1. The summed E-state index contributed by atoms with van der Waals surface area (Å²) in [7, 11) is 0. The van der Waals surface area contributed by atoms with E-state index in [1.807, 2.05) is 19.1 Å². The molecule has 0 radical (unpaired) electrons. The molecule has 1 amide bonds. The second-order valence-corrected chi connectivity index (χ2v) is 7.38. The number of fused-ring (bicyclic) bond motifs is 1. The van der Waals surface area contributed by atoms with Gasteiger partial charge in [0.2, 0.25) is 5.95 Å². The molecule has 5 nitrogen and oxygen atoms in total. The van der Waals surface area contributed by atoms with E-state index >= 15 is 0 Å². The first-order valence-corrected chi connectivity index (χ1v) is 9.77. The maximum absolute atomic E-state index is 13.0. The molecular weight excluding hydrogens is 367 g/mol. The molecule has 1 aliphatic heterocycles. The normalized spacial score (nSPS) is 15.3. The Morgan fingerprint density at radius 2 is 1.93 bits per heavy atom. The molecule has 1 aliphatic rings. The maximum atomic E-state index is 13.0. The van der Waals surface area contributed by atoms with Gasteiger partial charge in [-0.1, -0.05) is 30.3 Å². The summed E-state index contributed by atoms with van der Waals surface area (Å²) >= 11 is 0. The summed E-state index contributed by atoms with van der Waals surface area (Å²) in [5.41, 5.74) is 4.41. The summed E-state index contributed by atoms with van der Waals surface area (Å²) in [5.74, 6) is 0.0459. The lowest BCUT2D eigenvalue weighted by atomic mass is 10.1. The predicted octanol–water partition coefficient (Wildman–Crippen LogP) is 3.98. The third-order valence-electron chi connectivity index (χ3n) is 5.11. The van der Waals surface area contributed by atoms with Gasteiger partial charge in [-0.3, -0.25) is 4.79 Å². The molecule has 2 heterocycles. The minimum absolute atomic E-state index is 0.226. The molecule has 1 aromatic heterocycles. The minimum atomic E-state index is -0.264. The van der Waals surface area contributed by atoms with Crippen LogP contribution >= 0.6 is 0 Å². The van der Waals surface area contributed by atoms with Gasteiger partial charge in [-0.15, -0.1) is 0 Å². The first kappa shape index (κ1) is 19.1. The van der Waals surface area contributed by atoms with E-state index in [-0.39, 0.29) is 17.8 Å². The number of hydrogen-bond acceptors (Lipinski definition) is 4. The lowest BCUT2D eigenvalue weighted by molar-refractivity contribution is 0.0949. The van der Waals surface area contributed by atoms with Crippen LogP contribution in [0.25, 0.3) is 0 Å². The number of nitrogens with one attached hydrogen (secondary N) is 1. The summed E-state index contributed by atoms with van der Waals surface area (Å²) in [6, 6.07) is 16.4. The lowest BCUT2D eigenvalue weighted by Crippen LogP contribution is -2.30. The fourth-order valence-corrected chi connectivity index (χ4v) is 3.71. The number of halogens is 1. The zero-order valence-electron chi connectivity index (χ0n) is 16.5. The van der Waals surface area contributed by atoms with Gasteiger partial charge in [0.25, 0.3) is 5.91 Å². The number of carbonyl (C=O) groups is 1. The second kappa shape index (κ2) is 7.99. The van der Waals surface area contributed by atoms with Crippen LogP contribution in [0.5, 0.6) is 0 Å². The Morgan fingerprint density at radius 3 is 2.72 bits per heavy atom. The van der Waals surface area contributed by atoms with E-state index in [0.717, 1.165) is 23.4 Å².